The summed E-state index contributed by atoms with van der Waals surface area (Å²) in [6.07, 6.45) is -3.28. The zero-order valence-corrected chi connectivity index (χ0v) is 11.5. The van der Waals surface area contributed by atoms with Gasteiger partial charge in [-0.3, -0.25) is 4.79 Å². The monoisotopic (exact) mass is 301 g/mol. The second-order valence-electron chi connectivity index (χ2n) is 5.40. The number of aliphatic carboxylic acids is 1. The average molecular weight is 301 g/mol. The minimum absolute atomic E-state index is 0.0666. The van der Waals surface area contributed by atoms with Gasteiger partial charge in [0.05, 0.1) is 5.92 Å². The minimum Gasteiger partial charge on any atom is -0.480 e. The van der Waals surface area contributed by atoms with Gasteiger partial charge in [0.15, 0.2) is 0 Å². The molecule has 0 bridgehead atoms. The summed E-state index contributed by atoms with van der Waals surface area (Å²) in [5.41, 5.74) is 0.746. The zero-order chi connectivity index (χ0) is 15.5. The van der Waals surface area contributed by atoms with Crippen LogP contribution >= 0.6 is 0 Å². The molecule has 1 aliphatic carbocycles. The van der Waals surface area contributed by atoms with Crippen molar-refractivity contribution < 1.29 is 23.1 Å². The Hall–Kier alpha value is -1.72. The first-order valence-corrected chi connectivity index (χ1v) is 6.98. The first kappa shape index (κ1) is 15.7. The number of benzene rings is 1. The molecule has 1 aromatic rings. The molecule has 0 atom stereocenters. The van der Waals surface area contributed by atoms with E-state index in [-0.39, 0.29) is 25.4 Å². The van der Waals surface area contributed by atoms with Crippen LogP contribution in [0.25, 0.3) is 0 Å². The van der Waals surface area contributed by atoms with E-state index in [9.17, 15) is 18.0 Å². The first-order chi connectivity index (χ1) is 9.88. The number of nitrogens with zero attached hydrogens (tertiary/aromatic N) is 1. The lowest BCUT2D eigenvalue weighted by atomic mass is 9.84. The summed E-state index contributed by atoms with van der Waals surface area (Å²) in [5.74, 6) is -2.23. The predicted molar refractivity (Wildman–Crippen MR) is 73.2 cm³/mol. The molecule has 2 rings (SSSR count). The van der Waals surface area contributed by atoms with Gasteiger partial charge >= 0.3 is 12.1 Å². The minimum atomic E-state index is -4.14. The third-order valence-corrected chi connectivity index (χ3v) is 3.99. The lowest BCUT2D eigenvalue weighted by molar-refractivity contribution is -0.182. The molecule has 1 saturated carbocycles. The molecular formula is C15H18F3NO2. The molecule has 6 heteroatoms. The molecule has 0 aromatic heterocycles. The fraction of sp³-hybridized carbons (Fsp3) is 0.533. The van der Waals surface area contributed by atoms with Gasteiger partial charge in [0.1, 0.15) is 6.54 Å². The van der Waals surface area contributed by atoms with E-state index in [1.54, 1.807) is 29.2 Å². The molecule has 0 amide bonds. The SMILES string of the molecule is O=C(O)CN(c1ccccc1)C1CCC(C(F)(F)F)CC1. The van der Waals surface area contributed by atoms with Gasteiger partial charge in [-0.25, -0.2) is 0 Å². The molecule has 0 aliphatic heterocycles. The number of carboxylic acid groups (broad SMARTS) is 1. The van der Waals surface area contributed by atoms with Crippen LogP contribution in [0.5, 0.6) is 0 Å². The smallest absolute Gasteiger partial charge is 0.391 e. The Labute approximate surface area is 121 Å². The molecule has 0 saturated heterocycles. The molecule has 1 fully saturated rings. The van der Waals surface area contributed by atoms with Crippen molar-refractivity contribution in [3.05, 3.63) is 30.3 Å². The largest absolute Gasteiger partial charge is 0.480 e. The van der Waals surface area contributed by atoms with Crippen molar-refractivity contribution in [2.75, 3.05) is 11.4 Å². The van der Waals surface area contributed by atoms with Crippen LogP contribution < -0.4 is 4.90 Å². The first-order valence-electron chi connectivity index (χ1n) is 6.98. The third-order valence-electron chi connectivity index (χ3n) is 3.99. The van der Waals surface area contributed by atoms with E-state index < -0.39 is 18.1 Å². The van der Waals surface area contributed by atoms with Gasteiger partial charge in [0.25, 0.3) is 0 Å². The lowest BCUT2D eigenvalue weighted by Gasteiger charge is -2.38. The number of para-hydroxylation sites is 1. The van der Waals surface area contributed by atoms with Gasteiger partial charge in [0, 0.05) is 11.7 Å². The van der Waals surface area contributed by atoms with E-state index in [0.29, 0.717) is 12.8 Å². The van der Waals surface area contributed by atoms with E-state index in [1.165, 1.54) is 0 Å². The van der Waals surface area contributed by atoms with Crippen molar-refractivity contribution in [1.82, 2.24) is 0 Å². The van der Waals surface area contributed by atoms with Crippen LogP contribution in [0.4, 0.5) is 18.9 Å². The second kappa shape index (κ2) is 6.37. The molecule has 0 heterocycles. The molecule has 1 aliphatic rings. The lowest BCUT2D eigenvalue weighted by Crippen LogP contribution is -2.43. The van der Waals surface area contributed by atoms with Crippen LogP contribution in [0.15, 0.2) is 30.3 Å². The number of anilines is 1. The van der Waals surface area contributed by atoms with Crippen LogP contribution in [-0.4, -0.2) is 29.8 Å². The fourth-order valence-electron chi connectivity index (χ4n) is 2.91. The fourth-order valence-corrected chi connectivity index (χ4v) is 2.91. The Morgan fingerprint density at radius 3 is 2.19 bits per heavy atom. The average Bonchev–Trinajstić information content (AvgIpc) is 2.45. The molecule has 21 heavy (non-hydrogen) atoms. The number of alkyl halides is 3. The number of hydrogen-bond acceptors (Lipinski definition) is 2. The molecule has 3 nitrogen and oxygen atoms in total. The predicted octanol–water partition coefficient (Wildman–Crippen LogP) is 3.70. The molecule has 0 radical (unpaired) electrons. The maximum atomic E-state index is 12.7. The maximum Gasteiger partial charge on any atom is 0.391 e. The highest BCUT2D eigenvalue weighted by Crippen LogP contribution is 2.39. The van der Waals surface area contributed by atoms with Gasteiger partial charge in [-0.1, -0.05) is 18.2 Å². The normalized spacial score (nSPS) is 22.8. The van der Waals surface area contributed by atoms with Crippen LogP contribution in [0.3, 0.4) is 0 Å². The molecule has 0 spiro atoms. The van der Waals surface area contributed by atoms with Crippen molar-refractivity contribution in [2.24, 2.45) is 5.92 Å². The van der Waals surface area contributed by atoms with Crippen LogP contribution in [0, 0.1) is 5.92 Å². The standard InChI is InChI=1S/C15H18F3NO2/c16-15(17,18)11-6-8-13(9-7-11)19(10-14(20)21)12-4-2-1-3-5-12/h1-5,11,13H,6-10H2,(H,20,21). The molecule has 1 aromatic carbocycles. The number of halogens is 3. The number of carboxylic acids is 1. The van der Waals surface area contributed by atoms with Crippen molar-refractivity contribution in [2.45, 2.75) is 37.9 Å². The van der Waals surface area contributed by atoms with Crippen LogP contribution in [-0.2, 0) is 4.79 Å². The van der Waals surface area contributed by atoms with Crippen LogP contribution in [0.1, 0.15) is 25.7 Å². The maximum absolute atomic E-state index is 12.7. The van der Waals surface area contributed by atoms with Crippen molar-refractivity contribution >= 4 is 11.7 Å². The van der Waals surface area contributed by atoms with Gasteiger partial charge in [-0.2, -0.15) is 13.2 Å². The Balaban J connectivity index is 2.08. The van der Waals surface area contributed by atoms with E-state index >= 15 is 0 Å². The Kier molecular flexibility index (Phi) is 4.75. The summed E-state index contributed by atoms with van der Waals surface area (Å²) < 4.78 is 38.1. The quantitative estimate of drug-likeness (QED) is 0.922. The number of hydrogen-bond donors (Lipinski definition) is 1. The summed E-state index contributed by atoms with van der Waals surface area (Å²) in [6.45, 7) is -0.189. The summed E-state index contributed by atoms with van der Waals surface area (Å²) in [6, 6.07) is 8.85. The highest BCUT2D eigenvalue weighted by atomic mass is 19.4. The van der Waals surface area contributed by atoms with Gasteiger partial charge in [-0.05, 0) is 37.8 Å². The summed E-state index contributed by atoms with van der Waals surface area (Å²) in [5, 5.41) is 9.04. The highest BCUT2D eigenvalue weighted by Gasteiger charge is 2.42. The topological polar surface area (TPSA) is 40.5 Å². The Morgan fingerprint density at radius 2 is 1.71 bits per heavy atom. The Bertz CT molecular complexity index is 468. The summed E-state index contributed by atoms with van der Waals surface area (Å²) >= 11 is 0. The van der Waals surface area contributed by atoms with Crippen molar-refractivity contribution in [1.29, 1.82) is 0 Å². The second-order valence-corrected chi connectivity index (χ2v) is 5.40. The zero-order valence-electron chi connectivity index (χ0n) is 11.5. The van der Waals surface area contributed by atoms with E-state index in [0.717, 1.165) is 5.69 Å². The van der Waals surface area contributed by atoms with Crippen molar-refractivity contribution in [3.63, 3.8) is 0 Å². The van der Waals surface area contributed by atoms with Crippen molar-refractivity contribution in [3.8, 4) is 0 Å². The Morgan fingerprint density at radius 1 is 1.14 bits per heavy atom. The summed E-state index contributed by atoms with van der Waals surface area (Å²) in [7, 11) is 0. The summed E-state index contributed by atoms with van der Waals surface area (Å²) in [4.78, 5) is 12.7. The molecular weight excluding hydrogens is 283 g/mol. The van der Waals surface area contributed by atoms with E-state index in [2.05, 4.69) is 0 Å². The van der Waals surface area contributed by atoms with Gasteiger partial charge in [-0.15, -0.1) is 0 Å². The number of rotatable bonds is 4. The molecule has 116 valence electrons. The van der Waals surface area contributed by atoms with Crippen LogP contribution in [0.2, 0.25) is 0 Å². The van der Waals surface area contributed by atoms with Gasteiger partial charge < -0.3 is 10.0 Å². The van der Waals surface area contributed by atoms with E-state index in [4.69, 9.17) is 5.11 Å². The molecule has 0 unspecified atom stereocenters. The number of carbonyl (C=O) groups is 1. The third kappa shape index (κ3) is 4.12. The molecule has 1 N–H and O–H groups in total. The highest BCUT2D eigenvalue weighted by molar-refractivity contribution is 5.74. The van der Waals surface area contributed by atoms with Gasteiger partial charge in [0.2, 0.25) is 0 Å². The van der Waals surface area contributed by atoms with E-state index in [1.807, 2.05) is 6.07 Å².